The van der Waals surface area contributed by atoms with Crippen LogP contribution < -0.4 is 19.1 Å². The van der Waals surface area contributed by atoms with Crippen LogP contribution in [0.1, 0.15) is 21.5 Å². The van der Waals surface area contributed by atoms with Crippen molar-refractivity contribution in [2.24, 2.45) is 0 Å². The summed E-state index contributed by atoms with van der Waals surface area (Å²) in [7, 11) is 4.68. The molecule has 0 aliphatic carbocycles. The maximum atomic E-state index is 13.1. The summed E-state index contributed by atoms with van der Waals surface area (Å²) in [5.41, 5.74) is 2.47. The molecule has 30 heavy (non-hydrogen) atoms. The third-order valence-electron chi connectivity index (χ3n) is 4.60. The van der Waals surface area contributed by atoms with Crippen LogP contribution in [0.3, 0.4) is 0 Å². The number of hydrogen-bond donors (Lipinski definition) is 0. The Kier molecular flexibility index (Phi) is 6.56. The van der Waals surface area contributed by atoms with Crippen molar-refractivity contribution in [2.45, 2.75) is 6.61 Å². The number of anilines is 1. The molecular formula is C24H22N2O4. The Morgan fingerprint density at radius 3 is 2.23 bits per heavy atom. The van der Waals surface area contributed by atoms with Gasteiger partial charge >= 0.3 is 0 Å². The number of rotatable bonds is 7. The summed E-state index contributed by atoms with van der Waals surface area (Å²) in [4.78, 5) is 14.5. The molecule has 0 saturated heterocycles. The predicted octanol–water partition coefficient (Wildman–Crippen LogP) is 4.43. The topological polar surface area (TPSA) is 71.8 Å². The van der Waals surface area contributed by atoms with Crippen molar-refractivity contribution in [1.82, 2.24) is 0 Å². The molecular weight excluding hydrogens is 380 g/mol. The lowest BCUT2D eigenvalue weighted by atomic mass is 10.1. The monoisotopic (exact) mass is 402 g/mol. The molecule has 0 aromatic heterocycles. The molecule has 6 heteroatoms. The van der Waals surface area contributed by atoms with E-state index in [-0.39, 0.29) is 5.91 Å². The second-order valence-corrected chi connectivity index (χ2v) is 6.51. The SMILES string of the molecule is COc1cc(C(=O)N(C)c2cccc(C#N)c2)cc(OC)c1OCc1ccccc1. The highest BCUT2D eigenvalue weighted by Gasteiger charge is 2.21. The Morgan fingerprint density at radius 2 is 1.63 bits per heavy atom. The minimum atomic E-state index is -0.267. The number of benzene rings is 3. The molecule has 0 spiro atoms. The molecule has 0 aliphatic heterocycles. The van der Waals surface area contributed by atoms with E-state index in [1.54, 1.807) is 43.4 Å². The van der Waals surface area contributed by atoms with Crippen LogP contribution in [0.25, 0.3) is 0 Å². The van der Waals surface area contributed by atoms with Gasteiger partial charge in [0, 0.05) is 18.3 Å². The normalized spacial score (nSPS) is 10.1. The van der Waals surface area contributed by atoms with Crippen LogP contribution in [-0.2, 0) is 6.61 Å². The Labute approximate surface area is 175 Å². The number of hydrogen-bond acceptors (Lipinski definition) is 5. The van der Waals surface area contributed by atoms with E-state index in [4.69, 9.17) is 19.5 Å². The Bertz CT molecular complexity index is 1050. The first-order chi connectivity index (χ1) is 14.6. The van der Waals surface area contributed by atoms with Crippen molar-refractivity contribution in [3.05, 3.63) is 83.4 Å². The van der Waals surface area contributed by atoms with Crippen LogP contribution in [0.5, 0.6) is 17.2 Å². The van der Waals surface area contributed by atoms with Gasteiger partial charge in [0.15, 0.2) is 11.5 Å². The quantitative estimate of drug-likeness (QED) is 0.585. The van der Waals surface area contributed by atoms with E-state index in [1.165, 1.54) is 19.1 Å². The van der Waals surface area contributed by atoms with E-state index in [1.807, 2.05) is 30.3 Å². The number of carbonyl (C=O) groups is 1. The van der Waals surface area contributed by atoms with Gasteiger partial charge in [-0.15, -0.1) is 0 Å². The average molecular weight is 402 g/mol. The second-order valence-electron chi connectivity index (χ2n) is 6.51. The number of carbonyl (C=O) groups excluding carboxylic acids is 1. The lowest BCUT2D eigenvalue weighted by Gasteiger charge is -2.20. The summed E-state index contributed by atoms with van der Waals surface area (Å²) >= 11 is 0. The highest BCUT2D eigenvalue weighted by molar-refractivity contribution is 6.06. The summed E-state index contributed by atoms with van der Waals surface area (Å²) in [5, 5.41) is 9.10. The summed E-state index contributed by atoms with van der Waals surface area (Å²) < 4.78 is 16.9. The van der Waals surface area contributed by atoms with Gasteiger partial charge in [-0.1, -0.05) is 36.4 Å². The van der Waals surface area contributed by atoms with Crippen molar-refractivity contribution < 1.29 is 19.0 Å². The van der Waals surface area contributed by atoms with Crippen LogP contribution in [-0.4, -0.2) is 27.2 Å². The lowest BCUT2D eigenvalue weighted by Crippen LogP contribution is -2.26. The third kappa shape index (κ3) is 4.53. The molecule has 0 radical (unpaired) electrons. The van der Waals surface area contributed by atoms with E-state index in [0.717, 1.165) is 5.56 Å². The van der Waals surface area contributed by atoms with Crippen LogP contribution >= 0.6 is 0 Å². The molecule has 0 bridgehead atoms. The average Bonchev–Trinajstić information content (AvgIpc) is 2.81. The number of nitriles is 1. The molecule has 1 amide bonds. The molecule has 0 atom stereocenters. The van der Waals surface area contributed by atoms with Crippen molar-refractivity contribution in [3.63, 3.8) is 0 Å². The summed E-state index contributed by atoms with van der Waals surface area (Å²) in [6.45, 7) is 0.335. The fourth-order valence-corrected chi connectivity index (χ4v) is 2.97. The molecule has 6 nitrogen and oxygen atoms in total. The van der Waals surface area contributed by atoms with E-state index in [9.17, 15) is 4.79 Å². The van der Waals surface area contributed by atoms with Crippen LogP contribution in [0, 0.1) is 11.3 Å². The first kappa shape index (κ1) is 20.7. The highest BCUT2D eigenvalue weighted by atomic mass is 16.5. The van der Waals surface area contributed by atoms with E-state index in [2.05, 4.69) is 6.07 Å². The summed E-state index contributed by atoms with van der Waals surface area (Å²) in [6, 6.07) is 21.9. The third-order valence-corrected chi connectivity index (χ3v) is 4.60. The number of nitrogens with zero attached hydrogens (tertiary/aromatic N) is 2. The highest BCUT2D eigenvalue weighted by Crippen LogP contribution is 2.39. The minimum absolute atomic E-state index is 0.267. The molecule has 152 valence electrons. The van der Waals surface area contributed by atoms with Crippen molar-refractivity contribution in [3.8, 4) is 23.3 Å². The molecule has 3 aromatic carbocycles. The summed E-state index contributed by atoms with van der Waals surface area (Å²) in [6.07, 6.45) is 0. The zero-order valence-corrected chi connectivity index (χ0v) is 17.1. The fourth-order valence-electron chi connectivity index (χ4n) is 2.97. The molecule has 0 aliphatic rings. The van der Waals surface area contributed by atoms with Gasteiger partial charge in [0.05, 0.1) is 25.9 Å². The van der Waals surface area contributed by atoms with E-state index >= 15 is 0 Å². The minimum Gasteiger partial charge on any atom is -0.493 e. The molecule has 0 N–H and O–H groups in total. The van der Waals surface area contributed by atoms with Crippen molar-refractivity contribution in [1.29, 1.82) is 5.26 Å². The first-order valence-corrected chi connectivity index (χ1v) is 9.28. The standard InChI is InChI=1S/C24H22N2O4/c1-26(20-11-7-10-18(12-20)15-25)24(27)19-13-21(28-2)23(22(14-19)29-3)30-16-17-8-5-4-6-9-17/h4-14H,16H2,1-3H3. The first-order valence-electron chi connectivity index (χ1n) is 9.28. The smallest absolute Gasteiger partial charge is 0.258 e. The van der Waals surface area contributed by atoms with Crippen LogP contribution in [0.4, 0.5) is 5.69 Å². The van der Waals surface area contributed by atoms with Crippen molar-refractivity contribution >= 4 is 11.6 Å². The van der Waals surface area contributed by atoms with Gasteiger partial charge in [-0.2, -0.15) is 5.26 Å². The molecule has 0 saturated carbocycles. The van der Waals surface area contributed by atoms with Gasteiger partial charge in [0.25, 0.3) is 5.91 Å². The predicted molar refractivity (Wildman–Crippen MR) is 114 cm³/mol. The second kappa shape index (κ2) is 9.48. The molecule has 0 fully saturated rings. The number of amides is 1. The molecule has 3 rings (SSSR count). The fraction of sp³-hybridized carbons (Fsp3) is 0.167. The lowest BCUT2D eigenvalue weighted by molar-refractivity contribution is 0.0992. The van der Waals surface area contributed by atoms with Crippen LogP contribution in [0.15, 0.2) is 66.7 Å². The van der Waals surface area contributed by atoms with Gasteiger partial charge in [-0.05, 0) is 35.9 Å². The Morgan fingerprint density at radius 1 is 0.967 bits per heavy atom. The maximum absolute atomic E-state index is 13.1. The summed E-state index contributed by atoms with van der Waals surface area (Å²) in [5.74, 6) is 0.950. The number of methoxy groups -OCH3 is 2. The van der Waals surface area contributed by atoms with E-state index in [0.29, 0.717) is 40.7 Å². The number of ether oxygens (including phenoxy) is 3. The largest absolute Gasteiger partial charge is 0.493 e. The van der Waals surface area contributed by atoms with Gasteiger partial charge in [-0.3, -0.25) is 4.79 Å². The van der Waals surface area contributed by atoms with Gasteiger partial charge in [0.2, 0.25) is 5.75 Å². The van der Waals surface area contributed by atoms with Crippen LogP contribution in [0.2, 0.25) is 0 Å². The van der Waals surface area contributed by atoms with Gasteiger partial charge in [-0.25, -0.2) is 0 Å². The zero-order valence-electron chi connectivity index (χ0n) is 17.1. The molecule has 0 heterocycles. The van der Waals surface area contributed by atoms with Gasteiger partial charge in [0.1, 0.15) is 6.61 Å². The zero-order chi connectivity index (χ0) is 21.5. The maximum Gasteiger partial charge on any atom is 0.258 e. The molecule has 0 unspecified atom stereocenters. The molecule has 3 aromatic rings. The van der Waals surface area contributed by atoms with E-state index < -0.39 is 0 Å². The Hall–Kier alpha value is -3.98. The van der Waals surface area contributed by atoms with Crippen molar-refractivity contribution in [2.75, 3.05) is 26.2 Å². The van der Waals surface area contributed by atoms with Gasteiger partial charge < -0.3 is 19.1 Å². The Balaban J connectivity index is 1.90.